The third-order valence-electron chi connectivity index (χ3n) is 2.92. The maximum absolute atomic E-state index is 11.9. The summed E-state index contributed by atoms with van der Waals surface area (Å²) in [6.07, 6.45) is 1.61. The molecule has 2 rings (SSSR count). The summed E-state index contributed by atoms with van der Waals surface area (Å²) in [6.45, 7) is 2.64. The standard InChI is InChI=1S/C13H16BrNO2/c1-2-10(14)13(16)15-11-7-8-17-12-6-4-3-5-9(11)12/h3-6,10-11H,2,7-8H2,1H3,(H,15,16). The zero-order valence-corrected chi connectivity index (χ0v) is 11.4. The molecule has 4 heteroatoms. The van der Waals surface area contributed by atoms with E-state index in [1.54, 1.807) is 0 Å². The Labute approximate surface area is 110 Å². The monoisotopic (exact) mass is 297 g/mol. The lowest BCUT2D eigenvalue weighted by atomic mass is 10.0. The van der Waals surface area contributed by atoms with Crippen molar-refractivity contribution in [2.24, 2.45) is 0 Å². The van der Waals surface area contributed by atoms with Gasteiger partial charge in [-0.3, -0.25) is 4.79 Å². The molecule has 0 saturated carbocycles. The Kier molecular flexibility index (Phi) is 4.05. The average molecular weight is 298 g/mol. The second kappa shape index (κ2) is 5.54. The number of rotatable bonds is 3. The van der Waals surface area contributed by atoms with Crippen molar-refractivity contribution in [3.8, 4) is 5.75 Å². The minimum atomic E-state index is -0.113. The van der Waals surface area contributed by atoms with Gasteiger partial charge in [-0.2, -0.15) is 0 Å². The highest BCUT2D eigenvalue weighted by molar-refractivity contribution is 9.10. The van der Waals surface area contributed by atoms with Crippen LogP contribution in [0.1, 0.15) is 31.4 Å². The van der Waals surface area contributed by atoms with Gasteiger partial charge in [0.15, 0.2) is 0 Å². The summed E-state index contributed by atoms with van der Waals surface area (Å²) in [6, 6.07) is 7.94. The number of hydrogen-bond donors (Lipinski definition) is 1. The van der Waals surface area contributed by atoms with Crippen molar-refractivity contribution in [2.75, 3.05) is 6.61 Å². The fraction of sp³-hybridized carbons (Fsp3) is 0.462. The summed E-state index contributed by atoms with van der Waals surface area (Å²) in [5.41, 5.74) is 1.07. The van der Waals surface area contributed by atoms with Crippen LogP contribution < -0.4 is 10.1 Å². The Morgan fingerprint density at radius 3 is 3.12 bits per heavy atom. The molecule has 1 aliphatic heterocycles. The number of para-hydroxylation sites is 1. The van der Waals surface area contributed by atoms with Crippen LogP contribution in [0.5, 0.6) is 5.75 Å². The van der Waals surface area contributed by atoms with Gasteiger partial charge in [-0.25, -0.2) is 0 Å². The Morgan fingerprint density at radius 1 is 1.59 bits per heavy atom. The van der Waals surface area contributed by atoms with E-state index in [1.165, 1.54) is 0 Å². The van der Waals surface area contributed by atoms with Gasteiger partial charge in [0.05, 0.1) is 17.5 Å². The summed E-state index contributed by atoms with van der Waals surface area (Å²) >= 11 is 3.37. The van der Waals surface area contributed by atoms with Crippen molar-refractivity contribution < 1.29 is 9.53 Å². The predicted octanol–water partition coefficient (Wildman–Crippen LogP) is 2.80. The lowest BCUT2D eigenvalue weighted by molar-refractivity contribution is -0.121. The molecule has 0 aromatic heterocycles. The molecule has 1 aromatic carbocycles. The first-order chi connectivity index (χ1) is 8.22. The van der Waals surface area contributed by atoms with E-state index in [9.17, 15) is 4.79 Å². The zero-order valence-electron chi connectivity index (χ0n) is 9.78. The first-order valence-corrected chi connectivity index (χ1v) is 6.80. The summed E-state index contributed by atoms with van der Waals surface area (Å²) in [7, 11) is 0. The second-order valence-corrected chi connectivity index (χ2v) is 5.22. The van der Waals surface area contributed by atoms with Gasteiger partial charge in [-0.05, 0) is 12.5 Å². The summed E-state index contributed by atoms with van der Waals surface area (Å²) in [4.78, 5) is 11.7. The van der Waals surface area contributed by atoms with Crippen LogP contribution in [-0.2, 0) is 4.79 Å². The first-order valence-electron chi connectivity index (χ1n) is 5.88. The number of nitrogens with one attached hydrogen (secondary N) is 1. The first kappa shape index (κ1) is 12.4. The van der Waals surface area contributed by atoms with Crippen molar-refractivity contribution in [1.82, 2.24) is 5.32 Å². The van der Waals surface area contributed by atoms with Crippen molar-refractivity contribution >= 4 is 21.8 Å². The van der Waals surface area contributed by atoms with Gasteiger partial charge in [-0.1, -0.05) is 41.1 Å². The Bertz CT molecular complexity index is 408. The zero-order chi connectivity index (χ0) is 12.3. The fourth-order valence-electron chi connectivity index (χ4n) is 1.94. The van der Waals surface area contributed by atoms with Gasteiger partial charge in [0.1, 0.15) is 5.75 Å². The van der Waals surface area contributed by atoms with Crippen molar-refractivity contribution in [1.29, 1.82) is 0 Å². The third-order valence-corrected chi connectivity index (χ3v) is 3.98. The van der Waals surface area contributed by atoms with Crippen molar-refractivity contribution in [3.63, 3.8) is 0 Å². The number of carbonyl (C=O) groups excluding carboxylic acids is 1. The quantitative estimate of drug-likeness (QED) is 0.871. The molecule has 0 saturated heterocycles. The molecule has 2 atom stereocenters. The maximum Gasteiger partial charge on any atom is 0.234 e. The largest absolute Gasteiger partial charge is 0.493 e. The molecule has 1 aromatic rings. The molecule has 17 heavy (non-hydrogen) atoms. The molecule has 1 amide bonds. The number of carbonyl (C=O) groups is 1. The highest BCUT2D eigenvalue weighted by atomic mass is 79.9. The highest BCUT2D eigenvalue weighted by Crippen LogP contribution is 2.31. The number of fused-ring (bicyclic) bond motifs is 1. The lowest BCUT2D eigenvalue weighted by Gasteiger charge is -2.27. The number of amides is 1. The van der Waals surface area contributed by atoms with Crippen LogP contribution in [0.2, 0.25) is 0 Å². The lowest BCUT2D eigenvalue weighted by Crippen LogP contribution is -2.36. The highest BCUT2D eigenvalue weighted by Gasteiger charge is 2.24. The number of ether oxygens (including phenoxy) is 1. The van der Waals surface area contributed by atoms with E-state index in [0.717, 1.165) is 24.2 Å². The Morgan fingerprint density at radius 2 is 2.35 bits per heavy atom. The van der Waals surface area contributed by atoms with E-state index in [-0.39, 0.29) is 16.8 Å². The van der Waals surface area contributed by atoms with Crippen LogP contribution in [0.25, 0.3) is 0 Å². The number of benzene rings is 1. The molecule has 92 valence electrons. The van der Waals surface area contributed by atoms with Crippen LogP contribution in [0.4, 0.5) is 0 Å². The van der Waals surface area contributed by atoms with Crippen molar-refractivity contribution in [2.45, 2.75) is 30.6 Å². The summed E-state index contributed by atoms with van der Waals surface area (Å²) < 4.78 is 5.56. The van der Waals surface area contributed by atoms with Crippen molar-refractivity contribution in [3.05, 3.63) is 29.8 Å². The maximum atomic E-state index is 11.9. The summed E-state index contributed by atoms with van der Waals surface area (Å²) in [5, 5.41) is 3.06. The average Bonchev–Trinajstić information content (AvgIpc) is 2.38. The van der Waals surface area contributed by atoms with Gasteiger partial charge in [0.2, 0.25) is 5.91 Å². The van der Waals surface area contributed by atoms with Crippen LogP contribution in [0.15, 0.2) is 24.3 Å². The normalized spacial score (nSPS) is 20.0. The molecular weight excluding hydrogens is 282 g/mol. The molecule has 2 unspecified atom stereocenters. The van der Waals surface area contributed by atoms with Gasteiger partial charge < -0.3 is 10.1 Å². The van der Waals surface area contributed by atoms with Gasteiger partial charge in [0, 0.05) is 12.0 Å². The molecule has 0 bridgehead atoms. The molecule has 3 nitrogen and oxygen atoms in total. The van der Waals surface area contributed by atoms with Gasteiger partial charge in [0.25, 0.3) is 0 Å². The van der Waals surface area contributed by atoms with E-state index in [2.05, 4.69) is 21.2 Å². The summed E-state index contributed by atoms with van der Waals surface area (Å²) in [5.74, 6) is 0.931. The van der Waals surface area contributed by atoms with E-state index >= 15 is 0 Å². The van der Waals surface area contributed by atoms with Gasteiger partial charge in [-0.15, -0.1) is 0 Å². The molecule has 1 heterocycles. The van der Waals surface area contributed by atoms with Crippen LogP contribution in [-0.4, -0.2) is 17.3 Å². The topological polar surface area (TPSA) is 38.3 Å². The van der Waals surface area contributed by atoms with Crippen LogP contribution >= 0.6 is 15.9 Å². The van der Waals surface area contributed by atoms with Crippen LogP contribution in [0, 0.1) is 0 Å². The molecule has 0 radical (unpaired) electrons. The Balaban J connectivity index is 2.11. The van der Waals surface area contributed by atoms with E-state index in [4.69, 9.17) is 4.74 Å². The molecular formula is C13H16BrNO2. The predicted molar refractivity (Wildman–Crippen MR) is 70.4 cm³/mol. The molecule has 0 spiro atoms. The fourth-order valence-corrected chi connectivity index (χ4v) is 2.07. The van der Waals surface area contributed by atoms with E-state index in [0.29, 0.717) is 6.61 Å². The van der Waals surface area contributed by atoms with Crippen LogP contribution in [0.3, 0.4) is 0 Å². The van der Waals surface area contributed by atoms with Gasteiger partial charge >= 0.3 is 0 Å². The second-order valence-electron chi connectivity index (χ2n) is 4.11. The van der Waals surface area contributed by atoms with E-state index < -0.39 is 0 Å². The number of halogens is 1. The number of alkyl halides is 1. The number of hydrogen-bond acceptors (Lipinski definition) is 2. The third kappa shape index (κ3) is 2.80. The minimum Gasteiger partial charge on any atom is -0.493 e. The minimum absolute atomic E-state index is 0.0502. The molecule has 1 aliphatic rings. The smallest absolute Gasteiger partial charge is 0.234 e. The van der Waals surface area contributed by atoms with E-state index in [1.807, 2.05) is 31.2 Å². The Hall–Kier alpha value is -1.03. The molecule has 0 fully saturated rings. The SMILES string of the molecule is CCC(Br)C(=O)NC1CCOc2ccccc21. The molecule has 1 N–H and O–H groups in total. The molecule has 0 aliphatic carbocycles.